The van der Waals surface area contributed by atoms with E-state index in [-0.39, 0.29) is 6.42 Å². The Balaban J connectivity index is 2.50. The second kappa shape index (κ2) is 4.04. The van der Waals surface area contributed by atoms with E-state index in [1.807, 2.05) is 30.3 Å². The quantitative estimate of drug-likeness (QED) is 0.528. The van der Waals surface area contributed by atoms with Crippen LogP contribution in [0.15, 0.2) is 30.3 Å². The Bertz CT molecular complexity index is 300. The fraction of sp³-hybridized carbons (Fsp3) is 0.300. The molecule has 1 rings (SSSR count). The first-order valence-corrected chi connectivity index (χ1v) is 4.10. The summed E-state index contributed by atoms with van der Waals surface area (Å²) in [5.41, 5.74) is 4.63. The molecule has 0 bridgehead atoms. The van der Waals surface area contributed by atoms with Gasteiger partial charge in [0.15, 0.2) is 0 Å². The summed E-state index contributed by atoms with van der Waals surface area (Å²) in [7, 11) is 0. The molecule has 1 aromatic rings. The SMILES string of the molecule is N#CC(N)(O)CCc1ccccc1. The molecule has 0 aromatic heterocycles. The number of aliphatic hydroxyl groups is 1. The topological polar surface area (TPSA) is 70.0 Å². The van der Waals surface area contributed by atoms with Crippen LogP contribution in [0.2, 0.25) is 0 Å². The maximum Gasteiger partial charge on any atom is 0.203 e. The molecule has 3 nitrogen and oxygen atoms in total. The fourth-order valence-electron chi connectivity index (χ4n) is 1.04. The van der Waals surface area contributed by atoms with Gasteiger partial charge in [-0.05, 0) is 12.0 Å². The summed E-state index contributed by atoms with van der Waals surface area (Å²) in [5, 5.41) is 17.6. The Labute approximate surface area is 77.4 Å². The van der Waals surface area contributed by atoms with E-state index in [4.69, 9.17) is 11.0 Å². The lowest BCUT2D eigenvalue weighted by Gasteiger charge is -2.12. The van der Waals surface area contributed by atoms with Gasteiger partial charge in [0.05, 0.1) is 0 Å². The Morgan fingerprint density at radius 2 is 2.00 bits per heavy atom. The van der Waals surface area contributed by atoms with Gasteiger partial charge in [0.1, 0.15) is 6.07 Å². The number of rotatable bonds is 3. The van der Waals surface area contributed by atoms with E-state index in [0.29, 0.717) is 6.42 Å². The van der Waals surface area contributed by atoms with E-state index < -0.39 is 5.72 Å². The van der Waals surface area contributed by atoms with Crippen molar-refractivity contribution < 1.29 is 5.11 Å². The minimum Gasteiger partial charge on any atom is -0.364 e. The van der Waals surface area contributed by atoms with Crippen molar-refractivity contribution in [3.63, 3.8) is 0 Å². The van der Waals surface area contributed by atoms with Crippen LogP contribution in [0.4, 0.5) is 0 Å². The molecular weight excluding hydrogens is 164 g/mol. The number of hydrogen-bond donors (Lipinski definition) is 2. The van der Waals surface area contributed by atoms with Crippen molar-refractivity contribution in [1.29, 1.82) is 5.26 Å². The standard InChI is InChI=1S/C10H12N2O/c11-8-10(12,13)7-6-9-4-2-1-3-5-9/h1-5,13H,6-7,12H2. The van der Waals surface area contributed by atoms with Crippen LogP contribution >= 0.6 is 0 Å². The predicted molar refractivity (Wildman–Crippen MR) is 49.5 cm³/mol. The highest BCUT2D eigenvalue weighted by Gasteiger charge is 2.18. The number of benzene rings is 1. The molecule has 0 fully saturated rings. The van der Waals surface area contributed by atoms with Gasteiger partial charge in [-0.2, -0.15) is 5.26 Å². The maximum absolute atomic E-state index is 9.20. The van der Waals surface area contributed by atoms with Gasteiger partial charge >= 0.3 is 0 Å². The van der Waals surface area contributed by atoms with Crippen LogP contribution in [0.1, 0.15) is 12.0 Å². The first-order chi connectivity index (χ1) is 6.14. The molecule has 1 unspecified atom stereocenters. The molecule has 13 heavy (non-hydrogen) atoms. The maximum atomic E-state index is 9.20. The van der Waals surface area contributed by atoms with Crippen molar-refractivity contribution in [2.75, 3.05) is 0 Å². The Kier molecular flexibility index (Phi) is 3.02. The molecule has 3 N–H and O–H groups in total. The summed E-state index contributed by atoms with van der Waals surface area (Å²) in [6, 6.07) is 11.3. The van der Waals surface area contributed by atoms with Crippen LogP contribution in [-0.4, -0.2) is 10.8 Å². The van der Waals surface area contributed by atoms with Gasteiger partial charge in [-0.3, -0.25) is 5.73 Å². The minimum atomic E-state index is -1.70. The van der Waals surface area contributed by atoms with Crippen molar-refractivity contribution in [3.8, 4) is 6.07 Å². The van der Waals surface area contributed by atoms with Crippen molar-refractivity contribution in [3.05, 3.63) is 35.9 Å². The molecule has 0 aliphatic rings. The molecule has 1 aromatic carbocycles. The number of hydrogen-bond acceptors (Lipinski definition) is 3. The number of nitrogens with zero attached hydrogens (tertiary/aromatic N) is 1. The molecule has 0 radical (unpaired) electrons. The second-order valence-electron chi connectivity index (χ2n) is 3.02. The minimum absolute atomic E-state index is 0.257. The van der Waals surface area contributed by atoms with Crippen molar-refractivity contribution >= 4 is 0 Å². The van der Waals surface area contributed by atoms with Gasteiger partial charge in [0.25, 0.3) is 0 Å². The molecule has 0 heterocycles. The monoisotopic (exact) mass is 176 g/mol. The normalized spacial score (nSPS) is 14.5. The zero-order valence-electron chi connectivity index (χ0n) is 7.27. The van der Waals surface area contributed by atoms with Crippen LogP contribution in [0.3, 0.4) is 0 Å². The molecule has 0 saturated carbocycles. The van der Waals surface area contributed by atoms with Gasteiger partial charge in [0.2, 0.25) is 5.72 Å². The van der Waals surface area contributed by atoms with Crippen LogP contribution in [0.5, 0.6) is 0 Å². The van der Waals surface area contributed by atoms with Crippen molar-refractivity contribution in [1.82, 2.24) is 0 Å². The second-order valence-corrected chi connectivity index (χ2v) is 3.02. The van der Waals surface area contributed by atoms with E-state index in [1.54, 1.807) is 6.07 Å². The molecule has 3 heteroatoms. The number of nitrogens with two attached hydrogens (primary N) is 1. The first-order valence-electron chi connectivity index (χ1n) is 4.10. The highest BCUT2D eigenvalue weighted by Crippen LogP contribution is 2.08. The van der Waals surface area contributed by atoms with Crippen LogP contribution < -0.4 is 5.73 Å². The van der Waals surface area contributed by atoms with E-state index in [0.717, 1.165) is 5.56 Å². The zero-order chi connectivity index (χ0) is 9.73. The number of nitriles is 1. The van der Waals surface area contributed by atoms with Gasteiger partial charge in [-0.15, -0.1) is 0 Å². The summed E-state index contributed by atoms with van der Waals surface area (Å²) >= 11 is 0. The summed E-state index contributed by atoms with van der Waals surface area (Å²) in [6.45, 7) is 0. The Hall–Kier alpha value is -1.37. The van der Waals surface area contributed by atoms with Crippen molar-refractivity contribution in [2.45, 2.75) is 18.6 Å². The van der Waals surface area contributed by atoms with Crippen LogP contribution in [0, 0.1) is 11.3 Å². The summed E-state index contributed by atoms with van der Waals surface area (Å²) in [5.74, 6) is 0. The van der Waals surface area contributed by atoms with E-state index in [9.17, 15) is 5.11 Å². The van der Waals surface area contributed by atoms with Gasteiger partial charge < -0.3 is 5.11 Å². The van der Waals surface area contributed by atoms with Crippen molar-refractivity contribution in [2.24, 2.45) is 5.73 Å². The third-order valence-corrected chi connectivity index (χ3v) is 1.83. The van der Waals surface area contributed by atoms with Crippen LogP contribution in [-0.2, 0) is 6.42 Å². The highest BCUT2D eigenvalue weighted by molar-refractivity contribution is 5.15. The average Bonchev–Trinajstić information content (AvgIpc) is 2.17. The van der Waals surface area contributed by atoms with E-state index in [2.05, 4.69) is 0 Å². The van der Waals surface area contributed by atoms with Gasteiger partial charge in [-0.1, -0.05) is 30.3 Å². The predicted octanol–water partition coefficient (Wildman–Crippen LogP) is 0.790. The largest absolute Gasteiger partial charge is 0.364 e. The Morgan fingerprint density at radius 3 is 2.54 bits per heavy atom. The summed E-state index contributed by atoms with van der Waals surface area (Å²) in [6.07, 6.45) is 0.870. The lowest BCUT2D eigenvalue weighted by Crippen LogP contribution is -2.38. The molecule has 0 saturated heterocycles. The Morgan fingerprint density at radius 1 is 1.38 bits per heavy atom. The highest BCUT2D eigenvalue weighted by atomic mass is 16.3. The zero-order valence-corrected chi connectivity index (χ0v) is 7.27. The summed E-state index contributed by atoms with van der Waals surface area (Å²) < 4.78 is 0. The van der Waals surface area contributed by atoms with Gasteiger partial charge in [-0.25, -0.2) is 0 Å². The molecule has 0 amide bonds. The molecule has 0 spiro atoms. The molecule has 0 aliphatic heterocycles. The van der Waals surface area contributed by atoms with E-state index >= 15 is 0 Å². The average molecular weight is 176 g/mol. The summed E-state index contributed by atoms with van der Waals surface area (Å²) in [4.78, 5) is 0. The lowest BCUT2D eigenvalue weighted by atomic mass is 10.0. The third-order valence-electron chi connectivity index (χ3n) is 1.83. The van der Waals surface area contributed by atoms with Gasteiger partial charge in [0, 0.05) is 6.42 Å². The smallest absolute Gasteiger partial charge is 0.203 e. The molecule has 0 aliphatic carbocycles. The fourth-order valence-corrected chi connectivity index (χ4v) is 1.04. The lowest BCUT2D eigenvalue weighted by molar-refractivity contribution is 0.0971. The third kappa shape index (κ3) is 3.24. The van der Waals surface area contributed by atoms with Crippen LogP contribution in [0.25, 0.3) is 0 Å². The number of aryl methyl sites for hydroxylation is 1. The molecule has 1 atom stereocenters. The van der Waals surface area contributed by atoms with E-state index in [1.165, 1.54) is 0 Å². The molecular formula is C10H12N2O. The molecule has 68 valence electrons. The first kappa shape index (κ1) is 9.72.